The first kappa shape index (κ1) is 24.7. The molecule has 36 heavy (non-hydrogen) atoms. The molecule has 8 atom stereocenters. The summed E-state index contributed by atoms with van der Waals surface area (Å²) in [7, 11) is 0. The monoisotopic (exact) mass is 492 g/mol. The third-order valence-electron chi connectivity index (χ3n) is 13.0. The molecule has 5 aliphatic carbocycles. The maximum Gasteiger partial charge on any atom is 0.309 e. The van der Waals surface area contributed by atoms with Crippen molar-refractivity contribution >= 4 is 11.5 Å². The molecule has 5 aliphatic rings. The van der Waals surface area contributed by atoms with Crippen LogP contribution in [-0.4, -0.2) is 11.1 Å². The van der Waals surface area contributed by atoms with Crippen molar-refractivity contribution in [3.8, 4) is 0 Å². The molecule has 0 saturated heterocycles. The van der Waals surface area contributed by atoms with E-state index in [1.54, 1.807) is 6.07 Å². The fraction of sp³-hybridized carbons (Fsp3) is 0.727. The predicted molar refractivity (Wildman–Crippen MR) is 143 cm³/mol. The zero-order chi connectivity index (χ0) is 25.7. The van der Waals surface area contributed by atoms with E-state index in [4.69, 9.17) is 0 Å². The molecule has 0 spiro atoms. The van der Waals surface area contributed by atoms with Crippen LogP contribution in [0.5, 0.6) is 0 Å². The van der Waals surface area contributed by atoms with Gasteiger partial charge in [0.15, 0.2) is 0 Å². The minimum atomic E-state index is -0.509. The number of carboxylic acid groups (broad SMARTS) is 1. The van der Waals surface area contributed by atoms with E-state index in [0.717, 1.165) is 44.1 Å². The van der Waals surface area contributed by atoms with E-state index in [-0.39, 0.29) is 16.6 Å². The molecule has 6 rings (SSSR count). The smallest absolute Gasteiger partial charge is 0.309 e. The van der Waals surface area contributed by atoms with Gasteiger partial charge >= 0.3 is 5.97 Å². The Labute approximate surface area is 217 Å². The number of aryl methyl sites for hydroxylation is 1. The van der Waals surface area contributed by atoms with Gasteiger partial charge in [-0.3, -0.25) is 4.79 Å². The Morgan fingerprint density at radius 3 is 2.42 bits per heavy atom. The van der Waals surface area contributed by atoms with E-state index >= 15 is 0 Å². The Bertz CT molecular complexity index is 1120. The van der Waals surface area contributed by atoms with Crippen LogP contribution in [0, 0.1) is 64.0 Å². The molecule has 1 aromatic carbocycles. The summed E-state index contributed by atoms with van der Waals surface area (Å²) < 4.78 is 14.5. The number of aliphatic carboxylic acids is 1. The molecule has 0 aromatic heterocycles. The number of rotatable bonds is 2. The van der Waals surface area contributed by atoms with Crippen LogP contribution in [0.4, 0.5) is 4.39 Å². The fourth-order valence-electron chi connectivity index (χ4n) is 11.4. The first-order chi connectivity index (χ1) is 16.9. The van der Waals surface area contributed by atoms with Gasteiger partial charge in [0.25, 0.3) is 0 Å². The van der Waals surface area contributed by atoms with Gasteiger partial charge in [-0.1, -0.05) is 52.3 Å². The molecule has 3 heteroatoms. The van der Waals surface area contributed by atoms with Crippen LogP contribution in [0.25, 0.3) is 5.57 Å². The molecule has 0 bridgehead atoms. The predicted octanol–water partition coefficient (Wildman–Crippen LogP) is 8.68. The highest BCUT2D eigenvalue weighted by atomic mass is 19.1. The van der Waals surface area contributed by atoms with Gasteiger partial charge in [-0.2, -0.15) is 0 Å². The van der Waals surface area contributed by atoms with Crippen LogP contribution in [0.15, 0.2) is 24.3 Å². The minimum absolute atomic E-state index is 0.00333. The summed E-state index contributed by atoms with van der Waals surface area (Å²) in [6.07, 6.45) is 13.6. The molecule has 8 unspecified atom stereocenters. The second kappa shape index (κ2) is 7.93. The van der Waals surface area contributed by atoms with Crippen LogP contribution in [0.2, 0.25) is 0 Å². The first-order valence-electron chi connectivity index (χ1n) is 14.7. The fourth-order valence-corrected chi connectivity index (χ4v) is 11.4. The highest BCUT2D eigenvalue weighted by molar-refractivity contribution is 5.76. The molecule has 4 saturated carbocycles. The Hall–Kier alpha value is -1.64. The average Bonchev–Trinajstić information content (AvgIpc) is 3.27. The number of hydrogen-bond donors (Lipinski definition) is 1. The van der Waals surface area contributed by atoms with Crippen molar-refractivity contribution in [2.75, 3.05) is 0 Å². The Morgan fingerprint density at radius 2 is 1.69 bits per heavy atom. The summed E-state index contributed by atoms with van der Waals surface area (Å²) in [6, 6.07) is 5.80. The van der Waals surface area contributed by atoms with E-state index < -0.39 is 11.4 Å². The lowest BCUT2D eigenvalue weighted by Gasteiger charge is -2.68. The van der Waals surface area contributed by atoms with Crippen molar-refractivity contribution in [2.45, 2.75) is 98.8 Å². The quantitative estimate of drug-likeness (QED) is 0.448. The lowest BCUT2D eigenvalue weighted by atomic mass is 9.36. The van der Waals surface area contributed by atoms with E-state index in [2.05, 4.69) is 39.8 Å². The van der Waals surface area contributed by atoms with Gasteiger partial charge in [0.2, 0.25) is 0 Å². The van der Waals surface area contributed by atoms with Gasteiger partial charge in [-0.25, -0.2) is 4.39 Å². The van der Waals surface area contributed by atoms with Crippen molar-refractivity contribution < 1.29 is 14.3 Å². The molecule has 0 aliphatic heterocycles. The third kappa shape index (κ3) is 3.10. The molecule has 1 aromatic rings. The number of halogens is 1. The number of hydrogen-bond acceptors (Lipinski definition) is 1. The van der Waals surface area contributed by atoms with Gasteiger partial charge < -0.3 is 5.11 Å². The normalized spacial score (nSPS) is 45.1. The highest BCUT2D eigenvalue weighted by Gasteiger charge is 2.66. The summed E-state index contributed by atoms with van der Waals surface area (Å²) >= 11 is 0. The van der Waals surface area contributed by atoms with Crippen LogP contribution >= 0.6 is 0 Å². The van der Waals surface area contributed by atoms with Crippen molar-refractivity contribution in [2.24, 2.45) is 51.2 Å². The molecule has 0 heterocycles. The Kier molecular flexibility index (Phi) is 5.44. The molecular weight excluding hydrogens is 447 g/mol. The topological polar surface area (TPSA) is 37.3 Å². The van der Waals surface area contributed by atoms with Crippen molar-refractivity contribution in [1.29, 1.82) is 0 Å². The van der Waals surface area contributed by atoms with E-state index in [1.807, 2.05) is 13.0 Å². The van der Waals surface area contributed by atoms with Crippen molar-refractivity contribution in [1.82, 2.24) is 0 Å². The van der Waals surface area contributed by atoms with Crippen LogP contribution in [0.3, 0.4) is 0 Å². The van der Waals surface area contributed by atoms with Gasteiger partial charge in [0.05, 0.1) is 5.41 Å². The zero-order valence-electron chi connectivity index (χ0n) is 23.0. The number of fused-ring (bicyclic) bond motifs is 7. The highest BCUT2D eigenvalue weighted by Crippen LogP contribution is 2.73. The molecule has 2 nitrogen and oxygen atoms in total. The van der Waals surface area contributed by atoms with Crippen molar-refractivity contribution in [3.63, 3.8) is 0 Å². The summed E-state index contributed by atoms with van der Waals surface area (Å²) in [5.74, 6) is 2.30. The summed E-state index contributed by atoms with van der Waals surface area (Å²) in [5.41, 5.74) is 3.22. The minimum Gasteiger partial charge on any atom is -0.481 e. The number of carboxylic acids is 1. The van der Waals surface area contributed by atoms with E-state index in [0.29, 0.717) is 40.6 Å². The maximum atomic E-state index is 14.5. The summed E-state index contributed by atoms with van der Waals surface area (Å²) in [6.45, 7) is 11.8. The molecule has 4 fully saturated rings. The molecule has 196 valence electrons. The second-order valence-electron chi connectivity index (χ2n) is 14.5. The van der Waals surface area contributed by atoms with Gasteiger partial charge in [0.1, 0.15) is 5.82 Å². The van der Waals surface area contributed by atoms with E-state index in [9.17, 15) is 14.3 Å². The van der Waals surface area contributed by atoms with Gasteiger partial charge in [-0.15, -0.1) is 0 Å². The van der Waals surface area contributed by atoms with Crippen LogP contribution < -0.4 is 0 Å². The standard InChI is InChI=1S/C33H45FO2/c1-20-8-9-21(19-26(20)34)23-12-16-32(5)27(30(23,2)3)14-17-31(4)24-13-18-33(29(35)36)15-6-7-25(33)22(24)10-11-28(31)32/h8-9,12,19,22,24-25,27-28H,6-7,10-11,13-18H2,1-5H3,(H,35,36). The lowest BCUT2D eigenvalue weighted by Crippen LogP contribution is -2.61. The first-order valence-corrected chi connectivity index (χ1v) is 14.7. The largest absolute Gasteiger partial charge is 0.481 e. The zero-order valence-corrected chi connectivity index (χ0v) is 23.0. The second-order valence-corrected chi connectivity index (χ2v) is 14.5. The third-order valence-corrected chi connectivity index (χ3v) is 13.0. The summed E-state index contributed by atoms with van der Waals surface area (Å²) in [4.78, 5) is 12.5. The van der Waals surface area contributed by atoms with Crippen molar-refractivity contribution in [3.05, 3.63) is 41.2 Å². The number of benzene rings is 1. The SMILES string of the molecule is Cc1ccc(C2=CCC3(C)C(CCC4(C)C5CCC6(C(=O)O)CCCC6C5CCC43)C2(C)C)cc1F. The maximum absolute atomic E-state index is 14.5. The molecular formula is C33H45FO2. The lowest BCUT2D eigenvalue weighted by molar-refractivity contribution is -0.187. The van der Waals surface area contributed by atoms with Gasteiger partial charge in [-0.05, 0) is 133 Å². The molecule has 1 N–H and O–H groups in total. The number of allylic oxidation sites excluding steroid dienone is 2. The molecule has 0 radical (unpaired) electrons. The number of carbonyl (C=O) groups is 1. The van der Waals surface area contributed by atoms with Gasteiger partial charge in [0, 0.05) is 0 Å². The summed E-state index contributed by atoms with van der Waals surface area (Å²) in [5, 5.41) is 10.3. The van der Waals surface area contributed by atoms with Crippen LogP contribution in [-0.2, 0) is 4.79 Å². The molecule has 0 amide bonds. The average molecular weight is 493 g/mol. The Morgan fingerprint density at radius 1 is 0.917 bits per heavy atom. The Balaban J connectivity index is 1.34. The van der Waals surface area contributed by atoms with E-state index in [1.165, 1.54) is 31.3 Å². The van der Waals surface area contributed by atoms with Crippen LogP contribution in [0.1, 0.15) is 103 Å².